The van der Waals surface area contributed by atoms with Crippen LogP contribution in [0.3, 0.4) is 0 Å². The van der Waals surface area contributed by atoms with Gasteiger partial charge in [0, 0.05) is 29.3 Å². The molecule has 0 fully saturated rings. The third-order valence-electron chi connectivity index (χ3n) is 4.56. The molecule has 0 aliphatic rings. The number of hydrogen-bond acceptors (Lipinski definition) is 5. The molecule has 0 aliphatic carbocycles. The number of fused-ring (bicyclic) bond motifs is 1. The zero-order chi connectivity index (χ0) is 21.8. The van der Waals surface area contributed by atoms with Crippen molar-refractivity contribution in [2.75, 3.05) is 24.4 Å². The molecule has 0 spiro atoms. The molecule has 0 atom stereocenters. The maximum atomic E-state index is 14.5. The van der Waals surface area contributed by atoms with Crippen molar-refractivity contribution in [1.82, 2.24) is 9.97 Å². The largest absolute Gasteiger partial charge is 0.375 e. The summed E-state index contributed by atoms with van der Waals surface area (Å²) in [4.78, 5) is 20.7. The van der Waals surface area contributed by atoms with E-state index in [1.165, 1.54) is 25.4 Å². The molecular weight excluding hydrogens is 419 g/mol. The van der Waals surface area contributed by atoms with Gasteiger partial charge >= 0.3 is 0 Å². The molecular formula is C23H18ClFN4O2. The van der Waals surface area contributed by atoms with Crippen LogP contribution in [-0.4, -0.2) is 29.6 Å². The number of carbonyl (C=O) groups is 1. The minimum Gasteiger partial charge on any atom is -0.375 e. The minimum absolute atomic E-state index is 0.0787. The van der Waals surface area contributed by atoms with Crippen molar-refractivity contribution in [3.63, 3.8) is 0 Å². The Morgan fingerprint density at radius 1 is 1.10 bits per heavy atom. The number of halogens is 2. The Balaban J connectivity index is 1.80. The fourth-order valence-electron chi connectivity index (χ4n) is 3.18. The van der Waals surface area contributed by atoms with Gasteiger partial charge in [-0.2, -0.15) is 0 Å². The number of carbonyl (C=O) groups excluding carboxylic acids is 1. The Labute approximate surface area is 183 Å². The summed E-state index contributed by atoms with van der Waals surface area (Å²) >= 11 is 6.08. The maximum absolute atomic E-state index is 14.5. The first-order valence-electron chi connectivity index (χ1n) is 9.40. The molecule has 2 N–H and O–H groups in total. The molecule has 0 bridgehead atoms. The summed E-state index contributed by atoms with van der Waals surface area (Å²) in [6.45, 7) is -0.0787. The van der Waals surface area contributed by atoms with E-state index in [-0.39, 0.29) is 12.5 Å². The van der Waals surface area contributed by atoms with E-state index in [4.69, 9.17) is 16.3 Å². The van der Waals surface area contributed by atoms with E-state index < -0.39 is 5.82 Å². The van der Waals surface area contributed by atoms with E-state index in [0.717, 1.165) is 5.39 Å². The Morgan fingerprint density at radius 2 is 1.94 bits per heavy atom. The zero-order valence-corrected chi connectivity index (χ0v) is 17.3. The molecule has 8 heteroatoms. The summed E-state index contributed by atoms with van der Waals surface area (Å²) in [7, 11) is 1.45. The smallest absolute Gasteiger partial charge is 0.250 e. The quantitative estimate of drug-likeness (QED) is 0.422. The van der Waals surface area contributed by atoms with Gasteiger partial charge in [0.15, 0.2) is 0 Å². The number of nitrogens with zero attached hydrogens (tertiary/aromatic N) is 2. The molecule has 4 rings (SSSR count). The molecule has 6 nitrogen and oxygen atoms in total. The summed E-state index contributed by atoms with van der Waals surface area (Å²) in [5.74, 6) is -0.727. The molecule has 2 heterocycles. The van der Waals surface area contributed by atoms with Crippen LogP contribution in [0.5, 0.6) is 0 Å². The maximum Gasteiger partial charge on any atom is 0.250 e. The molecule has 2 aromatic carbocycles. The normalized spacial score (nSPS) is 10.8. The van der Waals surface area contributed by atoms with Crippen LogP contribution in [0, 0.1) is 5.82 Å². The molecule has 0 unspecified atom stereocenters. The van der Waals surface area contributed by atoms with Crippen LogP contribution < -0.4 is 10.6 Å². The molecule has 0 aliphatic heterocycles. The van der Waals surface area contributed by atoms with Crippen molar-refractivity contribution in [2.24, 2.45) is 0 Å². The van der Waals surface area contributed by atoms with E-state index in [0.29, 0.717) is 38.9 Å². The highest BCUT2D eigenvalue weighted by molar-refractivity contribution is 6.30. The number of pyridine rings is 2. The van der Waals surface area contributed by atoms with Crippen molar-refractivity contribution < 1.29 is 13.9 Å². The highest BCUT2D eigenvalue weighted by Gasteiger charge is 2.14. The third-order valence-corrected chi connectivity index (χ3v) is 4.80. The van der Waals surface area contributed by atoms with Gasteiger partial charge in [-0.1, -0.05) is 29.8 Å². The first kappa shape index (κ1) is 20.7. The van der Waals surface area contributed by atoms with Gasteiger partial charge in [0.2, 0.25) is 5.91 Å². The summed E-state index contributed by atoms with van der Waals surface area (Å²) < 4.78 is 19.4. The average molecular weight is 437 g/mol. The van der Waals surface area contributed by atoms with E-state index in [1.807, 2.05) is 24.3 Å². The van der Waals surface area contributed by atoms with Crippen LogP contribution >= 0.6 is 11.6 Å². The topological polar surface area (TPSA) is 76.1 Å². The number of methoxy groups -OCH3 is 1. The number of amides is 1. The Bertz CT molecular complexity index is 1270. The van der Waals surface area contributed by atoms with Gasteiger partial charge in [-0.3, -0.25) is 9.78 Å². The number of anilines is 3. The van der Waals surface area contributed by atoms with Crippen LogP contribution in [0.2, 0.25) is 5.02 Å². The van der Waals surface area contributed by atoms with Crippen LogP contribution in [0.25, 0.3) is 22.2 Å². The van der Waals surface area contributed by atoms with Crippen molar-refractivity contribution >= 4 is 45.5 Å². The molecule has 156 valence electrons. The second-order valence-electron chi connectivity index (χ2n) is 6.72. The standard InChI is InChI=1S/C23H18ClFN4O2/c1-31-13-23(30)29-22-12-26-9-8-19(22)28-20-11-21(16-10-14(24)6-7-17(16)25)27-18-5-3-2-4-15(18)20/h2-12H,13H2,1H3,(H,29,30)(H,26,27,28). The highest BCUT2D eigenvalue weighted by atomic mass is 35.5. The van der Waals surface area contributed by atoms with Crippen LogP contribution in [0.15, 0.2) is 67.0 Å². The van der Waals surface area contributed by atoms with Crippen LogP contribution in [-0.2, 0) is 9.53 Å². The van der Waals surface area contributed by atoms with Gasteiger partial charge in [-0.25, -0.2) is 9.37 Å². The summed E-state index contributed by atoms with van der Waals surface area (Å²) in [6.07, 6.45) is 3.14. The fraction of sp³-hybridized carbons (Fsp3) is 0.0870. The lowest BCUT2D eigenvalue weighted by Gasteiger charge is -2.15. The number of ether oxygens (including phenoxy) is 1. The molecule has 0 radical (unpaired) electrons. The van der Waals surface area contributed by atoms with Crippen molar-refractivity contribution in [3.05, 3.63) is 77.8 Å². The fourth-order valence-corrected chi connectivity index (χ4v) is 3.35. The van der Waals surface area contributed by atoms with E-state index in [9.17, 15) is 9.18 Å². The average Bonchev–Trinajstić information content (AvgIpc) is 2.77. The second-order valence-corrected chi connectivity index (χ2v) is 7.16. The Kier molecular flexibility index (Phi) is 6.06. The number of rotatable bonds is 6. The lowest BCUT2D eigenvalue weighted by atomic mass is 10.1. The first-order chi connectivity index (χ1) is 15.0. The van der Waals surface area contributed by atoms with Crippen molar-refractivity contribution in [3.8, 4) is 11.3 Å². The molecule has 0 saturated carbocycles. The van der Waals surface area contributed by atoms with Gasteiger partial charge in [-0.15, -0.1) is 0 Å². The molecule has 4 aromatic rings. The number of para-hydroxylation sites is 1. The predicted octanol–water partition coefficient (Wildman–Crippen LogP) is 5.42. The monoisotopic (exact) mass is 436 g/mol. The minimum atomic E-state index is -0.422. The number of nitrogens with one attached hydrogen (secondary N) is 2. The molecule has 31 heavy (non-hydrogen) atoms. The number of hydrogen-bond donors (Lipinski definition) is 2. The van der Waals surface area contributed by atoms with E-state index in [2.05, 4.69) is 20.6 Å². The number of benzene rings is 2. The van der Waals surface area contributed by atoms with Gasteiger partial charge in [0.25, 0.3) is 0 Å². The lowest BCUT2D eigenvalue weighted by molar-refractivity contribution is -0.119. The Morgan fingerprint density at radius 3 is 2.77 bits per heavy atom. The third kappa shape index (κ3) is 4.63. The molecule has 1 amide bonds. The summed E-state index contributed by atoms with van der Waals surface area (Å²) in [5, 5.41) is 7.32. The lowest BCUT2D eigenvalue weighted by Crippen LogP contribution is -2.18. The highest BCUT2D eigenvalue weighted by Crippen LogP contribution is 2.34. The Hall–Kier alpha value is -3.55. The van der Waals surface area contributed by atoms with Crippen LogP contribution in [0.4, 0.5) is 21.5 Å². The second kappa shape index (κ2) is 9.07. The van der Waals surface area contributed by atoms with Gasteiger partial charge in [0.05, 0.1) is 34.5 Å². The van der Waals surface area contributed by atoms with Crippen LogP contribution in [0.1, 0.15) is 0 Å². The van der Waals surface area contributed by atoms with Crippen molar-refractivity contribution in [2.45, 2.75) is 0 Å². The SMILES string of the molecule is COCC(=O)Nc1cnccc1Nc1cc(-c2cc(Cl)ccc2F)nc2ccccc12. The van der Waals surface area contributed by atoms with E-state index >= 15 is 0 Å². The van der Waals surface area contributed by atoms with Crippen molar-refractivity contribution in [1.29, 1.82) is 0 Å². The molecule has 0 saturated heterocycles. The number of aromatic nitrogens is 2. The predicted molar refractivity (Wildman–Crippen MR) is 120 cm³/mol. The first-order valence-corrected chi connectivity index (χ1v) is 9.78. The van der Waals surface area contributed by atoms with Gasteiger partial charge < -0.3 is 15.4 Å². The summed E-state index contributed by atoms with van der Waals surface area (Å²) in [6, 6.07) is 15.3. The van der Waals surface area contributed by atoms with Gasteiger partial charge in [0.1, 0.15) is 12.4 Å². The zero-order valence-electron chi connectivity index (χ0n) is 16.5. The van der Waals surface area contributed by atoms with E-state index in [1.54, 1.807) is 24.4 Å². The molecule has 2 aromatic heterocycles. The summed E-state index contributed by atoms with van der Waals surface area (Å²) in [5.41, 5.74) is 3.20. The van der Waals surface area contributed by atoms with Gasteiger partial charge in [-0.05, 0) is 36.4 Å².